The maximum atomic E-state index is 11.8. The Balaban J connectivity index is 2.49. The van der Waals surface area contributed by atoms with Gasteiger partial charge < -0.3 is 10.2 Å². The predicted octanol–water partition coefficient (Wildman–Crippen LogP) is 2.67. The zero-order chi connectivity index (χ0) is 12.8. The first-order valence-electron chi connectivity index (χ1n) is 5.38. The number of hydrogen-bond donors (Lipinski definition) is 1. The van der Waals surface area contributed by atoms with E-state index in [1.165, 1.54) is 0 Å². The average Bonchev–Trinajstić information content (AvgIpc) is 2.27. The highest BCUT2D eigenvalue weighted by Crippen LogP contribution is 2.20. The second-order valence-electron chi connectivity index (χ2n) is 4.04. The van der Waals surface area contributed by atoms with Crippen molar-refractivity contribution in [1.29, 1.82) is 0 Å². The molecule has 94 valence electrons. The fraction of sp³-hybridized carbons (Fsp3) is 0.417. The zero-order valence-electron chi connectivity index (χ0n) is 9.96. The fourth-order valence-electron chi connectivity index (χ4n) is 1.36. The van der Waals surface area contributed by atoms with Gasteiger partial charge in [0.1, 0.15) is 0 Å². The first kappa shape index (κ1) is 14.3. The number of carbonyl (C=O) groups is 1. The van der Waals surface area contributed by atoms with Crippen LogP contribution in [0.5, 0.6) is 0 Å². The minimum Gasteiger partial charge on any atom is -0.352 e. The molecule has 0 spiro atoms. The molecule has 1 aromatic rings. The lowest BCUT2D eigenvalue weighted by Crippen LogP contribution is -2.27. The fourth-order valence-corrected chi connectivity index (χ4v) is 1.74. The SMILES string of the molecule is CN(C)CCCNC(=O)c1cc(Cl)ccc1Cl. The molecule has 1 rings (SSSR count). The maximum absolute atomic E-state index is 11.8. The van der Waals surface area contributed by atoms with Crippen molar-refractivity contribution in [2.75, 3.05) is 27.2 Å². The highest BCUT2D eigenvalue weighted by Gasteiger charge is 2.10. The minimum absolute atomic E-state index is 0.184. The lowest BCUT2D eigenvalue weighted by atomic mass is 10.2. The third-order valence-corrected chi connectivity index (χ3v) is 2.81. The molecule has 3 nitrogen and oxygen atoms in total. The van der Waals surface area contributed by atoms with E-state index in [1.54, 1.807) is 18.2 Å². The van der Waals surface area contributed by atoms with E-state index in [-0.39, 0.29) is 5.91 Å². The summed E-state index contributed by atoms with van der Waals surface area (Å²) in [6.07, 6.45) is 0.900. The molecular formula is C12H16Cl2N2O. The smallest absolute Gasteiger partial charge is 0.252 e. The van der Waals surface area contributed by atoms with Crippen LogP contribution in [-0.4, -0.2) is 38.0 Å². The average molecular weight is 275 g/mol. The molecule has 1 N–H and O–H groups in total. The molecular weight excluding hydrogens is 259 g/mol. The lowest BCUT2D eigenvalue weighted by Gasteiger charge is -2.10. The third-order valence-electron chi connectivity index (χ3n) is 2.24. The van der Waals surface area contributed by atoms with Gasteiger partial charge in [0.25, 0.3) is 5.91 Å². The Morgan fingerprint density at radius 2 is 2.06 bits per heavy atom. The Hall–Kier alpha value is -0.770. The summed E-state index contributed by atoms with van der Waals surface area (Å²) in [5, 5.41) is 3.74. The first-order chi connectivity index (χ1) is 8.00. The van der Waals surface area contributed by atoms with Crippen LogP contribution in [0.4, 0.5) is 0 Å². The van der Waals surface area contributed by atoms with Gasteiger partial charge in [-0.3, -0.25) is 4.79 Å². The minimum atomic E-state index is -0.184. The monoisotopic (exact) mass is 274 g/mol. The van der Waals surface area contributed by atoms with E-state index in [2.05, 4.69) is 10.2 Å². The van der Waals surface area contributed by atoms with Crippen molar-refractivity contribution >= 4 is 29.1 Å². The maximum Gasteiger partial charge on any atom is 0.252 e. The number of nitrogens with one attached hydrogen (secondary N) is 1. The molecule has 0 fully saturated rings. The summed E-state index contributed by atoms with van der Waals surface area (Å²) in [5.41, 5.74) is 0.420. The van der Waals surface area contributed by atoms with E-state index in [0.29, 0.717) is 22.2 Å². The molecule has 0 bridgehead atoms. The van der Waals surface area contributed by atoms with Crippen molar-refractivity contribution in [3.8, 4) is 0 Å². The highest BCUT2D eigenvalue weighted by atomic mass is 35.5. The summed E-state index contributed by atoms with van der Waals surface area (Å²) in [4.78, 5) is 13.9. The Morgan fingerprint density at radius 3 is 2.71 bits per heavy atom. The van der Waals surface area contributed by atoms with Gasteiger partial charge in [-0.15, -0.1) is 0 Å². The van der Waals surface area contributed by atoms with Crippen LogP contribution in [0, 0.1) is 0 Å². The van der Waals surface area contributed by atoms with Crippen LogP contribution in [0.1, 0.15) is 16.8 Å². The number of amides is 1. The van der Waals surface area contributed by atoms with Crippen LogP contribution in [0.25, 0.3) is 0 Å². The standard InChI is InChI=1S/C12H16Cl2N2O/c1-16(2)7-3-6-15-12(17)10-8-9(13)4-5-11(10)14/h4-5,8H,3,6-7H2,1-2H3,(H,15,17). The summed E-state index contributed by atoms with van der Waals surface area (Å²) >= 11 is 11.7. The molecule has 0 saturated heterocycles. The van der Waals surface area contributed by atoms with Crippen LogP contribution in [0.3, 0.4) is 0 Å². The summed E-state index contributed by atoms with van der Waals surface area (Å²) in [6.45, 7) is 1.56. The second-order valence-corrected chi connectivity index (χ2v) is 4.88. The van der Waals surface area contributed by atoms with Gasteiger partial charge in [0.2, 0.25) is 0 Å². The quantitative estimate of drug-likeness (QED) is 0.838. The molecule has 5 heteroatoms. The molecule has 0 aromatic heterocycles. The van der Waals surface area contributed by atoms with Crippen LogP contribution in [0.15, 0.2) is 18.2 Å². The number of carbonyl (C=O) groups excluding carboxylic acids is 1. The van der Waals surface area contributed by atoms with E-state index in [1.807, 2.05) is 14.1 Å². The molecule has 17 heavy (non-hydrogen) atoms. The molecule has 0 aliphatic rings. The molecule has 1 aromatic carbocycles. The Labute approximate surface area is 112 Å². The Morgan fingerprint density at radius 1 is 1.35 bits per heavy atom. The van der Waals surface area contributed by atoms with Crippen LogP contribution in [-0.2, 0) is 0 Å². The van der Waals surface area contributed by atoms with Gasteiger partial charge in [-0.1, -0.05) is 23.2 Å². The van der Waals surface area contributed by atoms with Crippen LogP contribution < -0.4 is 5.32 Å². The number of rotatable bonds is 5. The first-order valence-corrected chi connectivity index (χ1v) is 6.14. The van der Waals surface area contributed by atoms with Crippen molar-refractivity contribution < 1.29 is 4.79 Å². The van der Waals surface area contributed by atoms with Gasteiger partial charge in [-0.05, 0) is 45.3 Å². The largest absolute Gasteiger partial charge is 0.352 e. The van der Waals surface area contributed by atoms with E-state index in [9.17, 15) is 4.79 Å². The predicted molar refractivity (Wildman–Crippen MR) is 72.0 cm³/mol. The number of hydrogen-bond acceptors (Lipinski definition) is 2. The second kappa shape index (κ2) is 6.84. The topological polar surface area (TPSA) is 32.3 Å². The molecule has 0 radical (unpaired) electrons. The summed E-state index contributed by atoms with van der Waals surface area (Å²) < 4.78 is 0. The van der Waals surface area contributed by atoms with Crippen LogP contribution >= 0.6 is 23.2 Å². The molecule has 0 saturated carbocycles. The van der Waals surface area contributed by atoms with E-state index in [4.69, 9.17) is 23.2 Å². The van der Waals surface area contributed by atoms with Gasteiger partial charge in [0.05, 0.1) is 10.6 Å². The van der Waals surface area contributed by atoms with Gasteiger partial charge in [-0.2, -0.15) is 0 Å². The van der Waals surface area contributed by atoms with Gasteiger partial charge in [-0.25, -0.2) is 0 Å². The molecule has 0 heterocycles. The molecule has 1 amide bonds. The molecule has 0 aliphatic heterocycles. The summed E-state index contributed by atoms with van der Waals surface area (Å²) in [6, 6.07) is 4.86. The lowest BCUT2D eigenvalue weighted by molar-refractivity contribution is 0.0952. The van der Waals surface area contributed by atoms with Crippen molar-refractivity contribution in [3.05, 3.63) is 33.8 Å². The van der Waals surface area contributed by atoms with Crippen molar-refractivity contribution in [2.45, 2.75) is 6.42 Å². The van der Waals surface area contributed by atoms with Crippen molar-refractivity contribution in [1.82, 2.24) is 10.2 Å². The normalized spacial score (nSPS) is 10.6. The Kier molecular flexibility index (Phi) is 5.75. The zero-order valence-corrected chi connectivity index (χ0v) is 11.5. The number of halogens is 2. The molecule has 0 atom stereocenters. The van der Waals surface area contributed by atoms with Crippen LogP contribution in [0.2, 0.25) is 10.0 Å². The van der Waals surface area contributed by atoms with E-state index < -0.39 is 0 Å². The highest BCUT2D eigenvalue weighted by molar-refractivity contribution is 6.35. The number of nitrogens with zero attached hydrogens (tertiary/aromatic N) is 1. The van der Waals surface area contributed by atoms with Crippen molar-refractivity contribution in [2.24, 2.45) is 0 Å². The molecule has 0 unspecified atom stereocenters. The number of benzene rings is 1. The summed E-state index contributed by atoms with van der Waals surface area (Å²) in [7, 11) is 3.99. The van der Waals surface area contributed by atoms with Gasteiger partial charge in [0.15, 0.2) is 0 Å². The van der Waals surface area contributed by atoms with E-state index >= 15 is 0 Å². The van der Waals surface area contributed by atoms with Gasteiger partial charge >= 0.3 is 0 Å². The third kappa shape index (κ3) is 4.94. The summed E-state index contributed by atoms with van der Waals surface area (Å²) in [5.74, 6) is -0.184. The van der Waals surface area contributed by atoms with Crippen molar-refractivity contribution in [3.63, 3.8) is 0 Å². The van der Waals surface area contributed by atoms with E-state index in [0.717, 1.165) is 13.0 Å². The van der Waals surface area contributed by atoms with Gasteiger partial charge in [0, 0.05) is 11.6 Å². The Bertz CT molecular complexity index is 394. The molecule has 0 aliphatic carbocycles.